The predicted octanol–water partition coefficient (Wildman–Crippen LogP) is 1.83. The van der Waals surface area contributed by atoms with Crippen LogP contribution in [0.3, 0.4) is 0 Å². The molecule has 0 aromatic heterocycles. The van der Waals surface area contributed by atoms with E-state index < -0.39 is 5.54 Å². The van der Waals surface area contributed by atoms with Crippen molar-refractivity contribution < 1.29 is 9.53 Å². The highest BCUT2D eigenvalue weighted by molar-refractivity contribution is 5.88. The van der Waals surface area contributed by atoms with Crippen molar-refractivity contribution in [2.24, 2.45) is 17.1 Å². The maximum Gasteiger partial charge on any atom is 0.240 e. The Morgan fingerprint density at radius 3 is 2.63 bits per heavy atom. The number of amides is 1. The highest BCUT2D eigenvalue weighted by Gasteiger charge is 2.62. The van der Waals surface area contributed by atoms with Crippen LogP contribution in [-0.2, 0) is 9.53 Å². The molecule has 4 heteroatoms. The summed E-state index contributed by atoms with van der Waals surface area (Å²) in [7, 11) is 0. The van der Waals surface area contributed by atoms with Crippen molar-refractivity contribution in [2.45, 2.75) is 64.5 Å². The van der Waals surface area contributed by atoms with Gasteiger partial charge >= 0.3 is 0 Å². The van der Waals surface area contributed by atoms with Gasteiger partial charge in [-0.25, -0.2) is 0 Å². The zero-order valence-electron chi connectivity index (χ0n) is 12.5. The van der Waals surface area contributed by atoms with Gasteiger partial charge in [-0.15, -0.1) is 0 Å². The number of hydrogen-bond donors (Lipinski definition) is 2. The summed E-state index contributed by atoms with van der Waals surface area (Å²) >= 11 is 0. The second-order valence-electron chi connectivity index (χ2n) is 6.68. The van der Waals surface area contributed by atoms with Gasteiger partial charge in [-0.1, -0.05) is 26.7 Å². The smallest absolute Gasteiger partial charge is 0.240 e. The van der Waals surface area contributed by atoms with E-state index in [0.717, 1.165) is 18.9 Å². The lowest BCUT2D eigenvalue weighted by molar-refractivity contribution is -0.170. The van der Waals surface area contributed by atoms with Gasteiger partial charge in [-0.2, -0.15) is 0 Å². The molecule has 2 unspecified atom stereocenters. The summed E-state index contributed by atoms with van der Waals surface area (Å²) in [4.78, 5) is 12.3. The first-order valence-corrected chi connectivity index (χ1v) is 7.60. The van der Waals surface area contributed by atoms with Crippen molar-refractivity contribution in [3.8, 4) is 0 Å². The number of nitrogens with two attached hydrogens (primary N) is 1. The van der Waals surface area contributed by atoms with Crippen LogP contribution in [0.2, 0.25) is 0 Å². The number of ether oxygens (including phenoxy) is 1. The molecule has 0 spiro atoms. The van der Waals surface area contributed by atoms with Gasteiger partial charge in [0.25, 0.3) is 0 Å². The minimum atomic E-state index is -0.771. The van der Waals surface area contributed by atoms with Crippen LogP contribution < -0.4 is 11.1 Å². The van der Waals surface area contributed by atoms with E-state index in [1.54, 1.807) is 0 Å². The number of nitrogens with one attached hydrogen (secondary N) is 1. The molecule has 110 valence electrons. The van der Waals surface area contributed by atoms with Crippen LogP contribution >= 0.6 is 0 Å². The summed E-state index contributed by atoms with van der Waals surface area (Å²) in [6.45, 7) is 7.46. The van der Waals surface area contributed by atoms with Gasteiger partial charge in [0.05, 0.1) is 6.10 Å². The average Bonchev–Trinajstić information content (AvgIpc) is 3.17. The highest BCUT2D eigenvalue weighted by atomic mass is 16.5. The first-order valence-electron chi connectivity index (χ1n) is 7.60. The van der Waals surface area contributed by atoms with Gasteiger partial charge in [0.15, 0.2) is 0 Å². The summed E-state index contributed by atoms with van der Waals surface area (Å²) in [5.41, 5.74) is 5.25. The highest BCUT2D eigenvalue weighted by Crippen LogP contribution is 2.49. The Morgan fingerprint density at radius 1 is 1.42 bits per heavy atom. The predicted molar refractivity (Wildman–Crippen MR) is 75.7 cm³/mol. The van der Waals surface area contributed by atoms with E-state index in [0.29, 0.717) is 13.0 Å². The molecule has 0 aromatic carbocycles. The average molecular weight is 268 g/mol. The fraction of sp³-hybridized carbons (Fsp3) is 0.933. The molecule has 0 aromatic rings. The van der Waals surface area contributed by atoms with E-state index in [9.17, 15) is 4.79 Å². The second kappa shape index (κ2) is 5.41. The molecule has 0 bridgehead atoms. The van der Waals surface area contributed by atoms with Gasteiger partial charge in [-0.3, -0.25) is 4.79 Å². The standard InChI is InChI=1S/C15H28N2O2/c1-4-19-12-10-15(16,14(12,2)3)13(18)17-9-5-6-11-7-8-11/h11-12H,4-10,16H2,1-3H3,(H,17,18). The number of hydrogen-bond acceptors (Lipinski definition) is 3. The van der Waals surface area contributed by atoms with Gasteiger partial charge < -0.3 is 15.8 Å². The molecule has 0 heterocycles. The molecule has 2 saturated carbocycles. The molecule has 4 nitrogen and oxygen atoms in total. The van der Waals surface area contributed by atoms with E-state index in [1.807, 2.05) is 20.8 Å². The van der Waals surface area contributed by atoms with Crippen LogP contribution in [0.15, 0.2) is 0 Å². The lowest BCUT2D eigenvalue weighted by Gasteiger charge is -2.57. The normalized spacial score (nSPS) is 32.7. The van der Waals surface area contributed by atoms with E-state index in [4.69, 9.17) is 10.5 Å². The fourth-order valence-corrected chi connectivity index (χ4v) is 2.98. The molecule has 2 aliphatic rings. The molecule has 2 atom stereocenters. The summed E-state index contributed by atoms with van der Waals surface area (Å²) in [6.07, 6.45) is 5.78. The quantitative estimate of drug-likeness (QED) is 0.692. The molecule has 19 heavy (non-hydrogen) atoms. The Kier molecular flexibility index (Phi) is 4.21. The monoisotopic (exact) mass is 268 g/mol. The third-order valence-corrected chi connectivity index (χ3v) is 5.01. The van der Waals surface area contributed by atoms with Crippen molar-refractivity contribution in [3.05, 3.63) is 0 Å². The minimum Gasteiger partial charge on any atom is -0.378 e. The molecule has 0 saturated heterocycles. The van der Waals surface area contributed by atoms with Crippen LogP contribution in [0, 0.1) is 11.3 Å². The van der Waals surface area contributed by atoms with Crippen LogP contribution in [-0.4, -0.2) is 30.7 Å². The van der Waals surface area contributed by atoms with E-state index in [1.165, 1.54) is 19.3 Å². The van der Waals surface area contributed by atoms with Gasteiger partial charge in [0.2, 0.25) is 5.91 Å². The zero-order chi connectivity index (χ0) is 14.1. The summed E-state index contributed by atoms with van der Waals surface area (Å²) in [5, 5.41) is 3.01. The number of rotatable bonds is 7. The van der Waals surface area contributed by atoms with Crippen molar-refractivity contribution in [1.82, 2.24) is 5.32 Å². The van der Waals surface area contributed by atoms with Gasteiger partial charge in [0.1, 0.15) is 5.54 Å². The second-order valence-corrected chi connectivity index (χ2v) is 6.68. The third kappa shape index (κ3) is 2.79. The fourth-order valence-electron chi connectivity index (χ4n) is 2.98. The third-order valence-electron chi connectivity index (χ3n) is 5.01. The van der Waals surface area contributed by atoms with Crippen LogP contribution in [0.5, 0.6) is 0 Å². The molecule has 2 fully saturated rings. The van der Waals surface area contributed by atoms with Gasteiger partial charge in [-0.05, 0) is 25.7 Å². The minimum absolute atomic E-state index is 0.00995. The first kappa shape index (κ1) is 14.8. The largest absolute Gasteiger partial charge is 0.378 e. The van der Waals surface area contributed by atoms with Gasteiger partial charge in [0, 0.05) is 25.0 Å². The Bertz CT molecular complexity index is 339. The number of carbonyl (C=O) groups is 1. The van der Waals surface area contributed by atoms with Crippen molar-refractivity contribution in [3.63, 3.8) is 0 Å². The summed E-state index contributed by atoms with van der Waals surface area (Å²) in [6, 6.07) is 0. The molecule has 1 amide bonds. The molecule has 2 aliphatic carbocycles. The molecule has 3 N–H and O–H groups in total. The maximum absolute atomic E-state index is 12.3. The first-order chi connectivity index (χ1) is 8.91. The van der Waals surface area contributed by atoms with E-state index >= 15 is 0 Å². The maximum atomic E-state index is 12.3. The van der Waals surface area contributed by atoms with Crippen LogP contribution in [0.4, 0.5) is 0 Å². The topological polar surface area (TPSA) is 64.3 Å². The van der Waals surface area contributed by atoms with Crippen molar-refractivity contribution in [2.75, 3.05) is 13.2 Å². The molecular formula is C15H28N2O2. The Labute approximate surface area is 116 Å². The Hall–Kier alpha value is -0.610. The molecular weight excluding hydrogens is 240 g/mol. The Balaban J connectivity index is 1.77. The zero-order valence-corrected chi connectivity index (χ0v) is 12.5. The lowest BCUT2D eigenvalue weighted by Crippen LogP contribution is -2.75. The van der Waals surface area contributed by atoms with E-state index in [2.05, 4.69) is 5.32 Å². The molecule has 2 rings (SSSR count). The van der Waals surface area contributed by atoms with Crippen LogP contribution in [0.1, 0.15) is 52.9 Å². The Morgan fingerprint density at radius 2 is 2.11 bits per heavy atom. The SMILES string of the molecule is CCOC1CC(N)(C(=O)NCCCC2CC2)C1(C)C. The van der Waals surface area contributed by atoms with E-state index in [-0.39, 0.29) is 17.4 Å². The van der Waals surface area contributed by atoms with Crippen molar-refractivity contribution in [1.29, 1.82) is 0 Å². The summed E-state index contributed by atoms with van der Waals surface area (Å²) in [5.74, 6) is 0.912. The lowest BCUT2D eigenvalue weighted by atomic mass is 9.54. The molecule has 0 aliphatic heterocycles. The molecule has 0 radical (unpaired) electrons. The summed E-state index contributed by atoms with van der Waals surface area (Å²) < 4.78 is 5.64. The van der Waals surface area contributed by atoms with Crippen molar-refractivity contribution >= 4 is 5.91 Å². The van der Waals surface area contributed by atoms with Crippen LogP contribution in [0.25, 0.3) is 0 Å². The number of carbonyl (C=O) groups excluding carboxylic acids is 1.